The second kappa shape index (κ2) is 4.84. The van der Waals surface area contributed by atoms with Gasteiger partial charge in [0.1, 0.15) is 28.2 Å². The Balaban J connectivity index is 2.37. The van der Waals surface area contributed by atoms with E-state index >= 15 is 0 Å². The van der Waals surface area contributed by atoms with E-state index in [0.717, 1.165) is 24.3 Å². The van der Waals surface area contributed by atoms with Gasteiger partial charge in [-0.2, -0.15) is 0 Å². The maximum Gasteiger partial charge on any atom is 0.200 e. The molecule has 7 heteroatoms. The van der Waals surface area contributed by atoms with E-state index in [1.807, 2.05) is 0 Å². The lowest BCUT2D eigenvalue weighted by Gasteiger charge is -2.09. The Kier molecular flexibility index (Phi) is 3.07. The summed E-state index contributed by atoms with van der Waals surface area (Å²) in [5.74, 6) is -2.53. The Labute approximate surface area is 128 Å². The SMILES string of the molecule is Cc1c(O)cc(O)c2c(=O)cc(-c3cc(O)c(O)c(O)c3)oc12. The van der Waals surface area contributed by atoms with E-state index in [9.17, 15) is 30.3 Å². The fourth-order valence-electron chi connectivity index (χ4n) is 2.32. The van der Waals surface area contributed by atoms with Gasteiger partial charge in [-0.05, 0) is 19.1 Å². The van der Waals surface area contributed by atoms with Crippen LogP contribution in [0.2, 0.25) is 0 Å². The van der Waals surface area contributed by atoms with Crippen molar-refractivity contribution in [3.05, 3.63) is 40.1 Å². The van der Waals surface area contributed by atoms with Crippen LogP contribution in [0.3, 0.4) is 0 Å². The van der Waals surface area contributed by atoms with Crippen LogP contribution >= 0.6 is 0 Å². The molecule has 0 aliphatic carbocycles. The van der Waals surface area contributed by atoms with E-state index in [1.54, 1.807) is 0 Å². The molecule has 0 aliphatic rings. The molecule has 0 spiro atoms. The lowest BCUT2D eigenvalue weighted by molar-refractivity contribution is 0.368. The molecule has 7 nitrogen and oxygen atoms in total. The number of phenols is 5. The van der Waals surface area contributed by atoms with Crippen molar-refractivity contribution in [2.75, 3.05) is 0 Å². The lowest BCUT2D eigenvalue weighted by Crippen LogP contribution is -2.02. The molecule has 23 heavy (non-hydrogen) atoms. The molecule has 0 saturated heterocycles. The summed E-state index contributed by atoms with van der Waals surface area (Å²) in [4.78, 5) is 12.2. The first-order valence-corrected chi connectivity index (χ1v) is 6.54. The maximum absolute atomic E-state index is 12.2. The molecular weight excluding hydrogens is 304 g/mol. The number of hydrogen-bond donors (Lipinski definition) is 5. The van der Waals surface area contributed by atoms with Crippen LogP contribution in [0.25, 0.3) is 22.3 Å². The van der Waals surface area contributed by atoms with Crippen LogP contribution in [0.1, 0.15) is 5.56 Å². The molecule has 0 unspecified atom stereocenters. The average Bonchev–Trinajstić information content (AvgIpc) is 2.49. The van der Waals surface area contributed by atoms with Gasteiger partial charge < -0.3 is 29.9 Å². The van der Waals surface area contributed by atoms with Crippen molar-refractivity contribution in [2.45, 2.75) is 6.92 Å². The second-order valence-electron chi connectivity index (χ2n) is 5.08. The molecule has 0 fully saturated rings. The largest absolute Gasteiger partial charge is 0.507 e. The van der Waals surface area contributed by atoms with Gasteiger partial charge in [0.05, 0.1) is 0 Å². The quantitative estimate of drug-likeness (QED) is 0.435. The molecule has 1 heterocycles. The molecule has 3 aromatic rings. The topological polar surface area (TPSA) is 131 Å². The standard InChI is InChI=1S/C16H12O7/c1-6-8(17)4-9(18)14-10(19)5-13(23-16(6)14)7-2-11(20)15(22)12(21)3-7/h2-5,17-18,20-22H,1H3. The smallest absolute Gasteiger partial charge is 0.200 e. The monoisotopic (exact) mass is 316 g/mol. The number of aromatic hydroxyl groups is 5. The molecule has 0 bridgehead atoms. The fraction of sp³-hybridized carbons (Fsp3) is 0.0625. The molecule has 3 rings (SSSR count). The van der Waals surface area contributed by atoms with Crippen LogP contribution in [-0.2, 0) is 0 Å². The van der Waals surface area contributed by atoms with Crippen LogP contribution < -0.4 is 5.43 Å². The van der Waals surface area contributed by atoms with E-state index in [0.29, 0.717) is 0 Å². The molecule has 5 N–H and O–H groups in total. The van der Waals surface area contributed by atoms with Gasteiger partial charge in [-0.3, -0.25) is 4.79 Å². The summed E-state index contributed by atoms with van der Waals surface area (Å²) < 4.78 is 5.55. The van der Waals surface area contributed by atoms with E-state index in [-0.39, 0.29) is 33.6 Å². The van der Waals surface area contributed by atoms with Gasteiger partial charge in [-0.25, -0.2) is 0 Å². The molecule has 118 valence electrons. The summed E-state index contributed by atoms with van der Waals surface area (Å²) in [5.41, 5.74) is -0.186. The zero-order valence-corrected chi connectivity index (χ0v) is 11.9. The Bertz CT molecular complexity index is 978. The van der Waals surface area contributed by atoms with Crippen molar-refractivity contribution in [1.29, 1.82) is 0 Å². The molecule has 0 radical (unpaired) electrons. The third-order valence-corrected chi connectivity index (χ3v) is 3.56. The molecule has 1 aromatic heterocycles. The Morgan fingerprint density at radius 3 is 2.04 bits per heavy atom. The summed E-state index contributed by atoms with van der Waals surface area (Å²) in [7, 11) is 0. The average molecular weight is 316 g/mol. The summed E-state index contributed by atoms with van der Waals surface area (Å²) in [6.07, 6.45) is 0. The summed E-state index contributed by atoms with van der Waals surface area (Å²) >= 11 is 0. The summed E-state index contributed by atoms with van der Waals surface area (Å²) in [6.45, 7) is 1.51. The number of benzene rings is 2. The highest BCUT2D eigenvalue weighted by molar-refractivity contribution is 5.89. The Hall–Kier alpha value is -3.35. The van der Waals surface area contributed by atoms with Crippen LogP contribution in [0.5, 0.6) is 28.7 Å². The van der Waals surface area contributed by atoms with Crippen molar-refractivity contribution in [3.63, 3.8) is 0 Å². The molecule has 0 atom stereocenters. The third kappa shape index (κ3) is 2.18. The van der Waals surface area contributed by atoms with E-state index < -0.39 is 28.4 Å². The highest BCUT2D eigenvalue weighted by atomic mass is 16.3. The lowest BCUT2D eigenvalue weighted by atomic mass is 10.1. The van der Waals surface area contributed by atoms with Gasteiger partial charge in [0.25, 0.3) is 0 Å². The highest BCUT2D eigenvalue weighted by Crippen LogP contribution is 2.40. The van der Waals surface area contributed by atoms with Gasteiger partial charge in [-0.1, -0.05) is 0 Å². The molecular formula is C16H12O7. The Morgan fingerprint density at radius 2 is 1.43 bits per heavy atom. The van der Waals surface area contributed by atoms with Crippen molar-refractivity contribution in [1.82, 2.24) is 0 Å². The molecule has 0 saturated carbocycles. The fourth-order valence-corrected chi connectivity index (χ4v) is 2.32. The third-order valence-electron chi connectivity index (χ3n) is 3.56. The van der Waals surface area contributed by atoms with Crippen molar-refractivity contribution in [2.24, 2.45) is 0 Å². The highest BCUT2D eigenvalue weighted by Gasteiger charge is 2.17. The number of rotatable bonds is 1. The Morgan fingerprint density at radius 1 is 0.826 bits per heavy atom. The van der Waals surface area contributed by atoms with Crippen LogP contribution in [0, 0.1) is 6.92 Å². The van der Waals surface area contributed by atoms with Crippen molar-refractivity contribution >= 4 is 11.0 Å². The van der Waals surface area contributed by atoms with Gasteiger partial charge in [-0.15, -0.1) is 0 Å². The zero-order chi connectivity index (χ0) is 16.9. The van der Waals surface area contributed by atoms with Crippen molar-refractivity contribution < 1.29 is 29.9 Å². The predicted molar refractivity (Wildman–Crippen MR) is 81.0 cm³/mol. The van der Waals surface area contributed by atoms with Crippen molar-refractivity contribution in [3.8, 4) is 40.1 Å². The maximum atomic E-state index is 12.2. The first-order chi connectivity index (χ1) is 10.8. The minimum atomic E-state index is -0.691. The number of hydrogen-bond acceptors (Lipinski definition) is 7. The number of aryl methyl sites for hydroxylation is 1. The number of phenolic OH excluding ortho intramolecular Hbond substituents is 5. The number of fused-ring (bicyclic) bond motifs is 1. The molecule has 0 amide bonds. The van der Waals surface area contributed by atoms with Gasteiger partial charge in [0.15, 0.2) is 22.7 Å². The predicted octanol–water partition coefficient (Wildman–Crippen LogP) is 2.30. The minimum Gasteiger partial charge on any atom is -0.507 e. The van der Waals surface area contributed by atoms with E-state index in [2.05, 4.69) is 0 Å². The summed E-state index contributed by atoms with van der Waals surface area (Å²) in [5, 5.41) is 47.9. The van der Waals surface area contributed by atoms with E-state index in [4.69, 9.17) is 4.42 Å². The van der Waals surface area contributed by atoms with Crippen LogP contribution in [-0.4, -0.2) is 25.5 Å². The van der Waals surface area contributed by atoms with Gasteiger partial charge in [0.2, 0.25) is 0 Å². The van der Waals surface area contributed by atoms with Crippen LogP contribution in [0.15, 0.2) is 33.5 Å². The first-order valence-electron chi connectivity index (χ1n) is 6.54. The van der Waals surface area contributed by atoms with Gasteiger partial charge in [0, 0.05) is 23.3 Å². The molecule has 2 aromatic carbocycles. The zero-order valence-electron chi connectivity index (χ0n) is 11.9. The normalized spacial score (nSPS) is 11.0. The minimum absolute atomic E-state index is 0.0128. The van der Waals surface area contributed by atoms with E-state index in [1.165, 1.54) is 6.92 Å². The first kappa shape index (κ1) is 14.6. The second-order valence-corrected chi connectivity index (χ2v) is 5.08. The summed E-state index contributed by atoms with van der Waals surface area (Å²) in [6, 6.07) is 4.34. The van der Waals surface area contributed by atoms with Gasteiger partial charge >= 0.3 is 0 Å². The molecule has 0 aliphatic heterocycles. The van der Waals surface area contributed by atoms with Crippen LogP contribution in [0.4, 0.5) is 0 Å².